The van der Waals surface area contributed by atoms with E-state index in [-0.39, 0.29) is 6.09 Å². The molecule has 0 saturated carbocycles. The summed E-state index contributed by atoms with van der Waals surface area (Å²) in [7, 11) is 1.44. The number of likely N-dealkylation sites (tertiary alicyclic amines) is 1. The number of carbonyl (C=O) groups is 1. The van der Waals surface area contributed by atoms with Gasteiger partial charge in [0.15, 0.2) is 0 Å². The van der Waals surface area contributed by atoms with Crippen LogP contribution in [0.25, 0.3) is 0 Å². The first-order valence-corrected chi connectivity index (χ1v) is 5.23. The lowest BCUT2D eigenvalue weighted by Gasteiger charge is -2.24. The van der Waals surface area contributed by atoms with Gasteiger partial charge in [-0.15, -0.1) is 0 Å². The van der Waals surface area contributed by atoms with Crippen LogP contribution in [0.4, 0.5) is 4.79 Å². The third-order valence-electron chi connectivity index (χ3n) is 2.55. The summed E-state index contributed by atoms with van der Waals surface area (Å²) in [5.41, 5.74) is 0. The van der Waals surface area contributed by atoms with E-state index in [0.29, 0.717) is 12.1 Å². The SMILES string of the molecule is COC(=O)N1CCCC1CNC(C)C. The maximum absolute atomic E-state index is 11.3. The maximum atomic E-state index is 11.3. The molecule has 1 heterocycles. The number of rotatable bonds is 3. The molecule has 1 aliphatic heterocycles. The Morgan fingerprint density at radius 3 is 2.93 bits per heavy atom. The van der Waals surface area contributed by atoms with E-state index in [4.69, 9.17) is 4.74 Å². The number of amides is 1. The van der Waals surface area contributed by atoms with Gasteiger partial charge in [0.05, 0.1) is 7.11 Å². The van der Waals surface area contributed by atoms with Gasteiger partial charge in [-0.3, -0.25) is 0 Å². The lowest BCUT2D eigenvalue weighted by molar-refractivity contribution is 0.118. The second kappa shape index (κ2) is 5.20. The van der Waals surface area contributed by atoms with Gasteiger partial charge in [-0.05, 0) is 12.8 Å². The fourth-order valence-corrected chi connectivity index (χ4v) is 1.78. The minimum Gasteiger partial charge on any atom is -0.453 e. The maximum Gasteiger partial charge on any atom is 0.409 e. The molecule has 1 fully saturated rings. The number of nitrogens with one attached hydrogen (secondary N) is 1. The number of ether oxygens (including phenoxy) is 1. The van der Waals surface area contributed by atoms with Gasteiger partial charge in [-0.25, -0.2) is 4.79 Å². The lowest BCUT2D eigenvalue weighted by Crippen LogP contribution is -2.43. The standard InChI is InChI=1S/C10H20N2O2/c1-8(2)11-7-9-5-4-6-12(9)10(13)14-3/h8-9,11H,4-7H2,1-3H3. The molecule has 1 N–H and O–H groups in total. The average Bonchev–Trinajstić information content (AvgIpc) is 2.61. The Hall–Kier alpha value is -0.770. The summed E-state index contributed by atoms with van der Waals surface area (Å²) in [6, 6.07) is 0.778. The molecular weight excluding hydrogens is 180 g/mol. The Labute approximate surface area is 85.6 Å². The molecule has 0 spiro atoms. The second-order valence-electron chi connectivity index (χ2n) is 4.02. The average molecular weight is 200 g/mol. The van der Waals surface area contributed by atoms with Gasteiger partial charge in [0.25, 0.3) is 0 Å². The predicted molar refractivity (Wildman–Crippen MR) is 55.3 cm³/mol. The van der Waals surface area contributed by atoms with Crippen LogP contribution >= 0.6 is 0 Å². The summed E-state index contributed by atoms with van der Waals surface area (Å²) in [5, 5.41) is 3.35. The first-order valence-electron chi connectivity index (χ1n) is 5.23. The van der Waals surface area contributed by atoms with E-state index >= 15 is 0 Å². The van der Waals surface area contributed by atoms with Crippen LogP contribution in [-0.2, 0) is 4.74 Å². The van der Waals surface area contributed by atoms with Crippen molar-refractivity contribution in [3.05, 3.63) is 0 Å². The molecule has 14 heavy (non-hydrogen) atoms. The van der Waals surface area contributed by atoms with Crippen molar-refractivity contribution in [2.45, 2.75) is 38.8 Å². The van der Waals surface area contributed by atoms with Crippen LogP contribution < -0.4 is 5.32 Å². The van der Waals surface area contributed by atoms with Gasteiger partial charge in [0.2, 0.25) is 0 Å². The Kier molecular flexibility index (Phi) is 4.20. The molecule has 0 bridgehead atoms. The third kappa shape index (κ3) is 2.87. The number of carbonyl (C=O) groups excluding carboxylic acids is 1. The molecule has 4 nitrogen and oxygen atoms in total. The van der Waals surface area contributed by atoms with Crippen LogP contribution in [0.3, 0.4) is 0 Å². The zero-order valence-electron chi connectivity index (χ0n) is 9.25. The van der Waals surface area contributed by atoms with Gasteiger partial charge in [0.1, 0.15) is 0 Å². The molecule has 1 rings (SSSR count). The Balaban J connectivity index is 2.39. The highest BCUT2D eigenvalue weighted by Crippen LogP contribution is 2.17. The van der Waals surface area contributed by atoms with Crippen molar-refractivity contribution in [2.75, 3.05) is 20.2 Å². The fraction of sp³-hybridized carbons (Fsp3) is 0.900. The fourth-order valence-electron chi connectivity index (χ4n) is 1.78. The predicted octanol–water partition coefficient (Wildman–Crippen LogP) is 1.22. The molecule has 0 aromatic rings. The molecule has 1 saturated heterocycles. The third-order valence-corrected chi connectivity index (χ3v) is 2.55. The summed E-state index contributed by atoms with van der Waals surface area (Å²) in [5.74, 6) is 0. The zero-order chi connectivity index (χ0) is 10.6. The van der Waals surface area contributed by atoms with Crippen LogP contribution in [-0.4, -0.2) is 43.3 Å². The molecule has 0 aliphatic carbocycles. The molecule has 1 unspecified atom stereocenters. The first-order chi connectivity index (χ1) is 6.65. The highest BCUT2D eigenvalue weighted by molar-refractivity contribution is 5.68. The normalized spacial score (nSPS) is 21.7. The highest BCUT2D eigenvalue weighted by Gasteiger charge is 2.28. The van der Waals surface area contributed by atoms with Gasteiger partial charge in [-0.2, -0.15) is 0 Å². The quantitative estimate of drug-likeness (QED) is 0.744. The summed E-state index contributed by atoms with van der Waals surface area (Å²) in [6.07, 6.45) is 1.96. The van der Waals surface area contributed by atoms with Crippen LogP contribution in [0, 0.1) is 0 Å². The monoisotopic (exact) mass is 200 g/mol. The summed E-state index contributed by atoms with van der Waals surface area (Å²) < 4.78 is 4.73. The van der Waals surface area contributed by atoms with Crippen LogP contribution in [0.1, 0.15) is 26.7 Å². The number of hydrogen-bond donors (Lipinski definition) is 1. The molecular formula is C10H20N2O2. The molecule has 4 heteroatoms. The van der Waals surface area contributed by atoms with E-state index in [0.717, 1.165) is 25.9 Å². The molecule has 1 atom stereocenters. The summed E-state index contributed by atoms with van der Waals surface area (Å²) in [6.45, 7) is 5.92. The molecule has 1 aliphatic rings. The summed E-state index contributed by atoms with van der Waals surface area (Å²) in [4.78, 5) is 13.2. The molecule has 0 aromatic carbocycles. The van der Waals surface area contributed by atoms with Crippen molar-refractivity contribution < 1.29 is 9.53 Å². The summed E-state index contributed by atoms with van der Waals surface area (Å²) >= 11 is 0. The largest absolute Gasteiger partial charge is 0.453 e. The van der Waals surface area contributed by atoms with Crippen LogP contribution in [0.15, 0.2) is 0 Å². The Morgan fingerprint density at radius 1 is 1.64 bits per heavy atom. The van der Waals surface area contributed by atoms with Crippen molar-refractivity contribution in [1.29, 1.82) is 0 Å². The van der Waals surface area contributed by atoms with E-state index in [1.165, 1.54) is 7.11 Å². The minimum absolute atomic E-state index is 0.196. The van der Waals surface area contributed by atoms with Crippen molar-refractivity contribution in [3.8, 4) is 0 Å². The second-order valence-corrected chi connectivity index (χ2v) is 4.02. The molecule has 1 amide bonds. The van der Waals surface area contributed by atoms with Crippen LogP contribution in [0.2, 0.25) is 0 Å². The smallest absolute Gasteiger partial charge is 0.409 e. The van der Waals surface area contributed by atoms with Gasteiger partial charge >= 0.3 is 6.09 Å². The topological polar surface area (TPSA) is 41.6 Å². The first kappa shape index (κ1) is 11.3. The van der Waals surface area contributed by atoms with Crippen molar-refractivity contribution >= 4 is 6.09 Å². The number of hydrogen-bond acceptors (Lipinski definition) is 3. The van der Waals surface area contributed by atoms with Crippen molar-refractivity contribution in [2.24, 2.45) is 0 Å². The van der Waals surface area contributed by atoms with Gasteiger partial charge in [-0.1, -0.05) is 13.8 Å². The van der Waals surface area contributed by atoms with Crippen molar-refractivity contribution in [3.63, 3.8) is 0 Å². The van der Waals surface area contributed by atoms with Gasteiger partial charge < -0.3 is 15.0 Å². The zero-order valence-corrected chi connectivity index (χ0v) is 9.25. The Morgan fingerprint density at radius 2 is 2.36 bits per heavy atom. The Bertz CT molecular complexity index is 195. The van der Waals surface area contributed by atoms with E-state index < -0.39 is 0 Å². The van der Waals surface area contributed by atoms with E-state index in [1.807, 2.05) is 4.90 Å². The highest BCUT2D eigenvalue weighted by atomic mass is 16.5. The van der Waals surface area contributed by atoms with E-state index in [2.05, 4.69) is 19.2 Å². The van der Waals surface area contributed by atoms with E-state index in [9.17, 15) is 4.79 Å². The number of nitrogens with zero attached hydrogens (tertiary/aromatic N) is 1. The lowest BCUT2D eigenvalue weighted by atomic mass is 10.2. The van der Waals surface area contributed by atoms with E-state index in [1.54, 1.807) is 0 Å². The van der Waals surface area contributed by atoms with Gasteiger partial charge in [0, 0.05) is 25.2 Å². The molecule has 0 aromatic heterocycles. The van der Waals surface area contributed by atoms with Crippen LogP contribution in [0.5, 0.6) is 0 Å². The molecule has 0 radical (unpaired) electrons. The number of methoxy groups -OCH3 is 1. The minimum atomic E-state index is -0.196. The molecule has 82 valence electrons. The van der Waals surface area contributed by atoms with Crippen molar-refractivity contribution in [1.82, 2.24) is 10.2 Å².